The number of aliphatic hydroxyl groups is 1. The van der Waals surface area contributed by atoms with Crippen LogP contribution in [-0.2, 0) is 6.54 Å². The Morgan fingerprint density at radius 1 is 1.47 bits per heavy atom. The molecule has 0 aromatic heterocycles. The SMILES string of the molecule is COc1ccc(Br)cc1CNC1(CO)CCC1. The van der Waals surface area contributed by atoms with E-state index >= 15 is 0 Å². The lowest BCUT2D eigenvalue weighted by atomic mass is 9.77. The fourth-order valence-corrected chi connectivity index (χ4v) is 2.57. The third-order valence-corrected chi connectivity index (χ3v) is 4.00. The molecule has 94 valence electrons. The second-order valence-electron chi connectivity index (χ2n) is 4.60. The summed E-state index contributed by atoms with van der Waals surface area (Å²) in [6.45, 7) is 0.937. The van der Waals surface area contributed by atoms with E-state index < -0.39 is 0 Å². The molecular formula is C13H18BrNO2. The first kappa shape index (κ1) is 12.9. The van der Waals surface area contributed by atoms with E-state index in [4.69, 9.17) is 4.74 Å². The first-order valence-corrected chi connectivity index (χ1v) is 6.67. The van der Waals surface area contributed by atoms with Gasteiger partial charge in [0.2, 0.25) is 0 Å². The van der Waals surface area contributed by atoms with Gasteiger partial charge in [0.1, 0.15) is 5.75 Å². The van der Waals surface area contributed by atoms with E-state index in [-0.39, 0.29) is 12.1 Å². The zero-order chi connectivity index (χ0) is 12.3. The van der Waals surface area contributed by atoms with Crippen molar-refractivity contribution in [2.45, 2.75) is 31.3 Å². The average Bonchev–Trinajstić information content (AvgIpc) is 2.28. The van der Waals surface area contributed by atoms with Gasteiger partial charge in [-0.2, -0.15) is 0 Å². The number of benzene rings is 1. The molecule has 2 N–H and O–H groups in total. The summed E-state index contributed by atoms with van der Waals surface area (Å²) in [4.78, 5) is 0. The van der Waals surface area contributed by atoms with Gasteiger partial charge in [-0.05, 0) is 37.5 Å². The molecule has 1 aromatic carbocycles. The Kier molecular flexibility index (Phi) is 4.07. The number of rotatable bonds is 5. The molecule has 1 aliphatic carbocycles. The first-order chi connectivity index (χ1) is 8.19. The van der Waals surface area contributed by atoms with E-state index in [1.54, 1.807) is 7.11 Å². The molecule has 2 rings (SSSR count). The van der Waals surface area contributed by atoms with E-state index in [0.29, 0.717) is 0 Å². The zero-order valence-electron chi connectivity index (χ0n) is 10.0. The van der Waals surface area contributed by atoms with Crippen LogP contribution >= 0.6 is 15.9 Å². The highest BCUT2D eigenvalue weighted by Gasteiger charge is 2.35. The third-order valence-electron chi connectivity index (χ3n) is 3.51. The van der Waals surface area contributed by atoms with Gasteiger partial charge < -0.3 is 15.2 Å². The van der Waals surface area contributed by atoms with E-state index in [0.717, 1.165) is 35.2 Å². The van der Waals surface area contributed by atoms with Gasteiger partial charge in [-0.1, -0.05) is 15.9 Å². The topological polar surface area (TPSA) is 41.5 Å². The lowest BCUT2D eigenvalue weighted by Gasteiger charge is -2.41. The highest BCUT2D eigenvalue weighted by molar-refractivity contribution is 9.10. The van der Waals surface area contributed by atoms with Crippen LogP contribution in [0, 0.1) is 0 Å². The second kappa shape index (κ2) is 5.38. The maximum Gasteiger partial charge on any atom is 0.123 e. The molecule has 0 atom stereocenters. The Hall–Kier alpha value is -0.580. The van der Waals surface area contributed by atoms with Crippen molar-refractivity contribution in [1.82, 2.24) is 5.32 Å². The van der Waals surface area contributed by atoms with Gasteiger partial charge >= 0.3 is 0 Å². The monoisotopic (exact) mass is 299 g/mol. The molecule has 0 unspecified atom stereocenters. The Bertz CT molecular complexity index is 385. The lowest BCUT2D eigenvalue weighted by Crippen LogP contribution is -2.53. The maximum atomic E-state index is 9.39. The Morgan fingerprint density at radius 3 is 2.76 bits per heavy atom. The highest BCUT2D eigenvalue weighted by Crippen LogP contribution is 2.32. The normalized spacial score (nSPS) is 17.6. The van der Waals surface area contributed by atoms with Crippen molar-refractivity contribution in [3.63, 3.8) is 0 Å². The van der Waals surface area contributed by atoms with E-state index in [1.807, 2.05) is 12.1 Å². The van der Waals surface area contributed by atoms with Crippen molar-refractivity contribution < 1.29 is 9.84 Å². The number of hydrogen-bond donors (Lipinski definition) is 2. The van der Waals surface area contributed by atoms with Gasteiger partial charge in [-0.15, -0.1) is 0 Å². The molecule has 1 aromatic rings. The molecule has 1 saturated carbocycles. The van der Waals surface area contributed by atoms with Crippen LogP contribution < -0.4 is 10.1 Å². The number of aliphatic hydroxyl groups excluding tert-OH is 1. The Morgan fingerprint density at radius 2 is 2.24 bits per heavy atom. The number of ether oxygens (including phenoxy) is 1. The molecule has 0 saturated heterocycles. The summed E-state index contributed by atoms with van der Waals surface area (Å²) in [5.74, 6) is 0.883. The summed E-state index contributed by atoms with van der Waals surface area (Å²) in [6, 6.07) is 5.97. The summed E-state index contributed by atoms with van der Waals surface area (Å²) in [5, 5.41) is 12.8. The molecule has 0 radical (unpaired) electrons. The molecule has 1 aliphatic rings. The highest BCUT2D eigenvalue weighted by atomic mass is 79.9. The van der Waals surface area contributed by atoms with E-state index in [2.05, 4.69) is 27.3 Å². The van der Waals surface area contributed by atoms with Crippen molar-refractivity contribution in [3.05, 3.63) is 28.2 Å². The van der Waals surface area contributed by atoms with Crippen molar-refractivity contribution in [2.75, 3.05) is 13.7 Å². The van der Waals surface area contributed by atoms with Gasteiger partial charge in [0.25, 0.3) is 0 Å². The summed E-state index contributed by atoms with van der Waals surface area (Å²) in [7, 11) is 1.68. The lowest BCUT2D eigenvalue weighted by molar-refractivity contribution is 0.0870. The number of nitrogens with one attached hydrogen (secondary N) is 1. The molecule has 3 nitrogen and oxygen atoms in total. The molecule has 0 bridgehead atoms. The van der Waals surface area contributed by atoms with Crippen LogP contribution in [0.1, 0.15) is 24.8 Å². The zero-order valence-corrected chi connectivity index (χ0v) is 11.6. The van der Waals surface area contributed by atoms with E-state index in [1.165, 1.54) is 6.42 Å². The van der Waals surface area contributed by atoms with Crippen LogP contribution in [0.4, 0.5) is 0 Å². The van der Waals surface area contributed by atoms with Crippen LogP contribution in [0.3, 0.4) is 0 Å². The molecular weight excluding hydrogens is 282 g/mol. The summed E-state index contributed by atoms with van der Waals surface area (Å²) in [6.07, 6.45) is 3.31. The minimum atomic E-state index is -0.0622. The van der Waals surface area contributed by atoms with E-state index in [9.17, 15) is 5.11 Å². The smallest absolute Gasteiger partial charge is 0.123 e. The minimum absolute atomic E-state index is 0.0622. The second-order valence-corrected chi connectivity index (χ2v) is 5.52. The fraction of sp³-hybridized carbons (Fsp3) is 0.538. The molecule has 0 heterocycles. The minimum Gasteiger partial charge on any atom is -0.496 e. The van der Waals surface area contributed by atoms with Gasteiger partial charge in [-0.3, -0.25) is 0 Å². The van der Waals surface area contributed by atoms with Gasteiger partial charge in [0.15, 0.2) is 0 Å². The van der Waals surface area contributed by atoms with Gasteiger partial charge in [0, 0.05) is 22.1 Å². The molecule has 0 aliphatic heterocycles. The molecule has 0 spiro atoms. The quantitative estimate of drug-likeness (QED) is 0.878. The van der Waals surface area contributed by atoms with Crippen molar-refractivity contribution in [2.24, 2.45) is 0 Å². The summed E-state index contributed by atoms with van der Waals surface area (Å²) in [5.41, 5.74) is 1.05. The number of methoxy groups -OCH3 is 1. The van der Waals surface area contributed by atoms with Crippen molar-refractivity contribution in [3.8, 4) is 5.75 Å². The van der Waals surface area contributed by atoms with Crippen LogP contribution in [-0.4, -0.2) is 24.4 Å². The number of halogens is 1. The van der Waals surface area contributed by atoms with Crippen molar-refractivity contribution >= 4 is 15.9 Å². The largest absolute Gasteiger partial charge is 0.496 e. The summed E-state index contributed by atoms with van der Waals surface area (Å²) < 4.78 is 6.37. The van der Waals surface area contributed by atoms with Crippen LogP contribution in [0.25, 0.3) is 0 Å². The van der Waals surface area contributed by atoms with Crippen LogP contribution in [0.15, 0.2) is 22.7 Å². The standard InChI is InChI=1S/C13H18BrNO2/c1-17-12-4-3-11(14)7-10(12)8-15-13(9-16)5-2-6-13/h3-4,7,15-16H,2,5-6,8-9H2,1H3. The Labute approximate surface area is 110 Å². The van der Waals surface area contributed by atoms with Crippen LogP contribution in [0.2, 0.25) is 0 Å². The molecule has 0 amide bonds. The van der Waals surface area contributed by atoms with Crippen LogP contribution in [0.5, 0.6) is 5.75 Å². The predicted octanol–water partition coefficient (Wildman–Crippen LogP) is 2.46. The van der Waals surface area contributed by atoms with Gasteiger partial charge in [-0.25, -0.2) is 0 Å². The summed E-state index contributed by atoms with van der Waals surface area (Å²) >= 11 is 3.46. The van der Waals surface area contributed by atoms with Crippen molar-refractivity contribution in [1.29, 1.82) is 0 Å². The maximum absolute atomic E-state index is 9.39. The first-order valence-electron chi connectivity index (χ1n) is 5.87. The average molecular weight is 300 g/mol. The Balaban J connectivity index is 2.05. The molecule has 4 heteroatoms. The third kappa shape index (κ3) is 2.81. The fourth-order valence-electron chi connectivity index (χ4n) is 2.16. The number of hydrogen-bond acceptors (Lipinski definition) is 3. The van der Waals surface area contributed by atoms with Gasteiger partial charge in [0.05, 0.1) is 13.7 Å². The predicted molar refractivity (Wildman–Crippen MR) is 71.2 cm³/mol. The molecule has 17 heavy (non-hydrogen) atoms. The molecule has 1 fully saturated rings.